The van der Waals surface area contributed by atoms with Crippen LogP contribution in [0.2, 0.25) is 0 Å². The highest BCUT2D eigenvalue weighted by molar-refractivity contribution is 9.10. The van der Waals surface area contributed by atoms with E-state index in [0.717, 1.165) is 23.9 Å². The first-order chi connectivity index (χ1) is 9.02. The molecule has 0 aliphatic rings. The normalized spacial score (nSPS) is 12.2. The predicted molar refractivity (Wildman–Crippen MR) is 82.9 cm³/mol. The van der Waals surface area contributed by atoms with Gasteiger partial charge in [-0.3, -0.25) is 4.79 Å². The van der Waals surface area contributed by atoms with E-state index in [4.69, 9.17) is 5.73 Å². The number of halogens is 1. The van der Waals surface area contributed by atoms with Crippen LogP contribution in [-0.2, 0) is 11.2 Å². The van der Waals surface area contributed by atoms with Crippen LogP contribution in [0.4, 0.5) is 0 Å². The van der Waals surface area contributed by atoms with Crippen LogP contribution in [0.15, 0.2) is 28.7 Å². The van der Waals surface area contributed by atoms with E-state index in [-0.39, 0.29) is 5.91 Å². The third kappa shape index (κ3) is 6.21. The van der Waals surface area contributed by atoms with Gasteiger partial charge in [-0.05, 0) is 43.0 Å². The Hall–Kier alpha value is -0.870. The van der Waals surface area contributed by atoms with Crippen molar-refractivity contribution >= 4 is 21.8 Å². The summed E-state index contributed by atoms with van der Waals surface area (Å²) in [6.07, 6.45) is 2.42. The van der Waals surface area contributed by atoms with Crippen molar-refractivity contribution in [2.24, 2.45) is 11.7 Å². The van der Waals surface area contributed by atoms with E-state index in [2.05, 4.69) is 35.0 Å². The van der Waals surface area contributed by atoms with Gasteiger partial charge in [0.2, 0.25) is 5.91 Å². The van der Waals surface area contributed by atoms with Crippen LogP contribution >= 0.6 is 15.9 Å². The Morgan fingerprint density at radius 2 is 2.21 bits per heavy atom. The highest BCUT2D eigenvalue weighted by Gasteiger charge is 2.11. The zero-order valence-corrected chi connectivity index (χ0v) is 13.3. The van der Waals surface area contributed by atoms with Gasteiger partial charge in [-0.25, -0.2) is 0 Å². The van der Waals surface area contributed by atoms with Crippen LogP contribution < -0.4 is 5.73 Å². The molecule has 0 fully saturated rings. The van der Waals surface area contributed by atoms with E-state index in [1.165, 1.54) is 5.56 Å². The molecule has 1 rings (SSSR count). The standard InChI is InChI=1S/C15H23BrN2O/c1-12(10-17)11-18(2)15(19)8-4-6-13-5-3-7-14(16)9-13/h3,5,7,9,12H,4,6,8,10-11,17H2,1-2H3. The molecule has 1 unspecified atom stereocenters. The van der Waals surface area contributed by atoms with Crippen LogP contribution in [0.5, 0.6) is 0 Å². The fraction of sp³-hybridized carbons (Fsp3) is 0.533. The first kappa shape index (κ1) is 16.2. The van der Waals surface area contributed by atoms with Crippen molar-refractivity contribution in [2.75, 3.05) is 20.1 Å². The number of hydrogen-bond donors (Lipinski definition) is 1. The minimum absolute atomic E-state index is 0.204. The molecule has 0 saturated carbocycles. The topological polar surface area (TPSA) is 46.3 Å². The number of carbonyl (C=O) groups is 1. The second-order valence-electron chi connectivity index (χ2n) is 5.10. The predicted octanol–water partition coefficient (Wildman–Crippen LogP) is 2.83. The zero-order valence-electron chi connectivity index (χ0n) is 11.7. The van der Waals surface area contributed by atoms with E-state index in [1.54, 1.807) is 4.90 Å². The number of nitrogens with zero attached hydrogens (tertiary/aromatic N) is 1. The van der Waals surface area contributed by atoms with Crippen LogP contribution in [0.25, 0.3) is 0 Å². The van der Waals surface area contributed by atoms with E-state index in [0.29, 0.717) is 18.9 Å². The van der Waals surface area contributed by atoms with E-state index in [9.17, 15) is 4.79 Å². The number of amides is 1. The molecular formula is C15H23BrN2O. The van der Waals surface area contributed by atoms with Gasteiger partial charge in [0.1, 0.15) is 0 Å². The van der Waals surface area contributed by atoms with Crippen molar-refractivity contribution in [1.82, 2.24) is 4.90 Å². The molecule has 3 nitrogen and oxygen atoms in total. The number of nitrogens with two attached hydrogens (primary N) is 1. The summed E-state index contributed by atoms with van der Waals surface area (Å²) in [6.45, 7) is 3.42. The first-order valence-electron chi connectivity index (χ1n) is 6.71. The molecule has 0 bridgehead atoms. The lowest BCUT2D eigenvalue weighted by atomic mass is 10.1. The van der Waals surface area contributed by atoms with Gasteiger partial charge in [-0.2, -0.15) is 0 Å². The SMILES string of the molecule is CC(CN)CN(C)C(=O)CCCc1cccc(Br)c1. The molecule has 2 N–H and O–H groups in total. The third-order valence-corrected chi connectivity index (χ3v) is 3.65. The van der Waals surface area contributed by atoms with Gasteiger partial charge in [0, 0.05) is 24.5 Å². The third-order valence-electron chi connectivity index (χ3n) is 3.16. The summed E-state index contributed by atoms with van der Waals surface area (Å²) in [5.41, 5.74) is 6.83. The Morgan fingerprint density at radius 1 is 1.47 bits per heavy atom. The number of hydrogen-bond acceptors (Lipinski definition) is 2. The molecule has 0 heterocycles. The fourth-order valence-electron chi connectivity index (χ4n) is 1.97. The summed E-state index contributed by atoms with van der Waals surface area (Å²) in [5.74, 6) is 0.564. The van der Waals surface area contributed by atoms with E-state index >= 15 is 0 Å². The van der Waals surface area contributed by atoms with Crippen LogP contribution in [0.1, 0.15) is 25.3 Å². The van der Waals surface area contributed by atoms with Gasteiger partial charge in [-0.15, -0.1) is 0 Å². The number of aryl methyl sites for hydroxylation is 1. The molecule has 1 aromatic carbocycles. The smallest absolute Gasteiger partial charge is 0.222 e. The maximum Gasteiger partial charge on any atom is 0.222 e. The van der Waals surface area contributed by atoms with Gasteiger partial charge in [0.25, 0.3) is 0 Å². The lowest BCUT2D eigenvalue weighted by Crippen LogP contribution is -2.33. The number of rotatable bonds is 7. The Labute approximate surface area is 124 Å². The molecule has 0 aliphatic heterocycles. The van der Waals surface area contributed by atoms with Crippen LogP contribution in [-0.4, -0.2) is 30.9 Å². The Balaban J connectivity index is 2.30. The van der Waals surface area contributed by atoms with Gasteiger partial charge in [-0.1, -0.05) is 35.0 Å². The Kier molecular flexibility index (Phi) is 7.10. The quantitative estimate of drug-likeness (QED) is 0.837. The van der Waals surface area contributed by atoms with Crippen LogP contribution in [0.3, 0.4) is 0 Å². The summed E-state index contributed by atoms with van der Waals surface area (Å²) < 4.78 is 1.09. The molecular weight excluding hydrogens is 304 g/mol. The summed E-state index contributed by atoms with van der Waals surface area (Å²) in [7, 11) is 1.85. The molecule has 0 aromatic heterocycles. The fourth-order valence-corrected chi connectivity index (χ4v) is 2.42. The highest BCUT2D eigenvalue weighted by atomic mass is 79.9. The maximum atomic E-state index is 11.9. The molecule has 0 saturated heterocycles. The Morgan fingerprint density at radius 3 is 2.84 bits per heavy atom. The molecule has 1 amide bonds. The zero-order chi connectivity index (χ0) is 14.3. The van der Waals surface area contributed by atoms with Gasteiger partial charge in [0.15, 0.2) is 0 Å². The molecule has 1 aromatic rings. The monoisotopic (exact) mass is 326 g/mol. The molecule has 19 heavy (non-hydrogen) atoms. The summed E-state index contributed by atoms with van der Waals surface area (Å²) in [4.78, 5) is 13.7. The lowest BCUT2D eigenvalue weighted by Gasteiger charge is -2.20. The van der Waals surface area contributed by atoms with Gasteiger partial charge >= 0.3 is 0 Å². The van der Waals surface area contributed by atoms with Crippen molar-refractivity contribution in [1.29, 1.82) is 0 Å². The Bertz CT molecular complexity index is 409. The molecule has 4 heteroatoms. The summed E-state index contributed by atoms with van der Waals surface area (Å²) in [6, 6.07) is 8.23. The van der Waals surface area contributed by atoms with Crippen molar-refractivity contribution in [3.8, 4) is 0 Å². The van der Waals surface area contributed by atoms with E-state index in [1.807, 2.05) is 19.2 Å². The second-order valence-corrected chi connectivity index (χ2v) is 6.01. The molecule has 0 radical (unpaired) electrons. The van der Waals surface area contributed by atoms with Gasteiger partial charge in [0.05, 0.1) is 0 Å². The largest absolute Gasteiger partial charge is 0.345 e. The summed E-state index contributed by atoms with van der Waals surface area (Å²) >= 11 is 3.45. The number of benzene rings is 1. The van der Waals surface area contributed by atoms with Crippen molar-refractivity contribution in [2.45, 2.75) is 26.2 Å². The molecule has 0 spiro atoms. The molecule has 106 valence electrons. The second kappa shape index (κ2) is 8.33. The van der Waals surface area contributed by atoms with Crippen molar-refractivity contribution in [3.63, 3.8) is 0 Å². The van der Waals surface area contributed by atoms with Crippen molar-refractivity contribution in [3.05, 3.63) is 34.3 Å². The van der Waals surface area contributed by atoms with E-state index < -0.39 is 0 Å². The highest BCUT2D eigenvalue weighted by Crippen LogP contribution is 2.14. The average Bonchev–Trinajstić information content (AvgIpc) is 2.38. The molecule has 0 aliphatic carbocycles. The van der Waals surface area contributed by atoms with Crippen molar-refractivity contribution < 1.29 is 4.79 Å². The van der Waals surface area contributed by atoms with Gasteiger partial charge < -0.3 is 10.6 Å². The average molecular weight is 327 g/mol. The minimum Gasteiger partial charge on any atom is -0.345 e. The summed E-state index contributed by atoms with van der Waals surface area (Å²) in [5, 5.41) is 0. The molecule has 1 atom stereocenters. The maximum absolute atomic E-state index is 11.9. The van der Waals surface area contributed by atoms with Crippen LogP contribution in [0, 0.1) is 5.92 Å². The lowest BCUT2D eigenvalue weighted by molar-refractivity contribution is -0.130. The minimum atomic E-state index is 0.204. The number of carbonyl (C=O) groups excluding carboxylic acids is 1. The first-order valence-corrected chi connectivity index (χ1v) is 7.50.